The molecule has 4 amide bonds. The van der Waals surface area contributed by atoms with E-state index in [0.717, 1.165) is 12.0 Å². The summed E-state index contributed by atoms with van der Waals surface area (Å²) < 4.78 is 1.94. The molecule has 2 N–H and O–H groups in total. The molecule has 0 aromatic heterocycles. The van der Waals surface area contributed by atoms with Gasteiger partial charge in [0.1, 0.15) is 0 Å². The Hall–Kier alpha value is -3.58. The standard InChI is InChI=1S/C28H17I2N3O4/c29-18-5-2-7-20(14-18)31-25(34)16-4-1-9-22(12-16)33-27(36)23-11-10-17(13-24(23)28(33)37)26(35)32-21-8-3-6-19(30)15-21/h1-15H,(H,31,34)(H,32,35). The van der Waals surface area contributed by atoms with Crippen molar-refractivity contribution >= 4 is 85.9 Å². The van der Waals surface area contributed by atoms with E-state index in [1.165, 1.54) is 24.3 Å². The summed E-state index contributed by atoms with van der Waals surface area (Å²) in [6.45, 7) is 0. The van der Waals surface area contributed by atoms with Crippen molar-refractivity contribution in [2.45, 2.75) is 0 Å². The van der Waals surface area contributed by atoms with Gasteiger partial charge in [0.05, 0.1) is 16.8 Å². The second-order valence-corrected chi connectivity index (χ2v) is 10.7. The van der Waals surface area contributed by atoms with Crippen LogP contribution in [-0.4, -0.2) is 23.6 Å². The van der Waals surface area contributed by atoms with Gasteiger partial charge < -0.3 is 10.6 Å². The first kappa shape index (κ1) is 25.1. The Morgan fingerprint density at radius 2 is 1.14 bits per heavy atom. The number of benzene rings is 4. The van der Waals surface area contributed by atoms with E-state index in [9.17, 15) is 19.2 Å². The number of hydrogen-bond acceptors (Lipinski definition) is 4. The van der Waals surface area contributed by atoms with E-state index < -0.39 is 17.7 Å². The van der Waals surface area contributed by atoms with E-state index in [4.69, 9.17) is 0 Å². The van der Waals surface area contributed by atoms with Gasteiger partial charge in [-0.2, -0.15) is 0 Å². The van der Waals surface area contributed by atoms with E-state index in [1.807, 2.05) is 36.4 Å². The molecule has 9 heteroatoms. The fourth-order valence-electron chi connectivity index (χ4n) is 3.94. The third-order valence-corrected chi connectivity index (χ3v) is 7.02. The Morgan fingerprint density at radius 1 is 0.595 bits per heavy atom. The van der Waals surface area contributed by atoms with Gasteiger partial charge in [0.2, 0.25) is 0 Å². The first-order chi connectivity index (χ1) is 17.8. The van der Waals surface area contributed by atoms with E-state index >= 15 is 0 Å². The van der Waals surface area contributed by atoms with Gasteiger partial charge in [-0.1, -0.05) is 18.2 Å². The van der Waals surface area contributed by atoms with Crippen LogP contribution in [0.4, 0.5) is 17.1 Å². The highest BCUT2D eigenvalue weighted by molar-refractivity contribution is 14.1. The molecule has 7 nitrogen and oxygen atoms in total. The quantitative estimate of drug-likeness (QED) is 0.190. The van der Waals surface area contributed by atoms with Crippen LogP contribution in [0.3, 0.4) is 0 Å². The van der Waals surface area contributed by atoms with Crippen LogP contribution in [0.1, 0.15) is 41.4 Å². The minimum absolute atomic E-state index is 0.133. The second-order valence-electron chi connectivity index (χ2n) is 8.19. The van der Waals surface area contributed by atoms with Crippen LogP contribution in [0, 0.1) is 7.14 Å². The molecule has 0 bridgehead atoms. The van der Waals surface area contributed by atoms with Crippen molar-refractivity contribution in [3.05, 3.63) is 120 Å². The maximum atomic E-state index is 13.3. The van der Waals surface area contributed by atoms with Gasteiger partial charge in [-0.15, -0.1) is 0 Å². The Balaban J connectivity index is 1.38. The third kappa shape index (κ3) is 5.27. The highest BCUT2D eigenvalue weighted by Crippen LogP contribution is 2.30. The first-order valence-electron chi connectivity index (χ1n) is 11.1. The summed E-state index contributed by atoms with van der Waals surface area (Å²) in [5.41, 5.74) is 2.42. The van der Waals surface area contributed by atoms with E-state index in [2.05, 4.69) is 55.8 Å². The van der Waals surface area contributed by atoms with Crippen molar-refractivity contribution < 1.29 is 19.2 Å². The summed E-state index contributed by atoms with van der Waals surface area (Å²) in [5, 5.41) is 5.63. The topological polar surface area (TPSA) is 95.6 Å². The summed E-state index contributed by atoms with van der Waals surface area (Å²) in [6, 6.07) is 25.4. The van der Waals surface area contributed by atoms with Gasteiger partial charge >= 0.3 is 0 Å². The molecule has 1 aliphatic rings. The molecule has 0 atom stereocenters. The maximum absolute atomic E-state index is 13.3. The zero-order valence-corrected chi connectivity index (χ0v) is 23.3. The molecule has 37 heavy (non-hydrogen) atoms. The number of imide groups is 1. The van der Waals surface area contributed by atoms with Crippen LogP contribution in [-0.2, 0) is 0 Å². The fraction of sp³-hybridized carbons (Fsp3) is 0. The fourth-order valence-corrected chi connectivity index (χ4v) is 5.03. The van der Waals surface area contributed by atoms with Crippen LogP contribution in [0.5, 0.6) is 0 Å². The second kappa shape index (κ2) is 10.4. The summed E-state index contributed by atoms with van der Waals surface area (Å²) in [6.07, 6.45) is 0. The van der Waals surface area contributed by atoms with Crippen LogP contribution < -0.4 is 15.5 Å². The van der Waals surface area contributed by atoms with Gasteiger partial charge in [0, 0.05) is 29.6 Å². The first-order valence-corrected chi connectivity index (χ1v) is 13.2. The monoisotopic (exact) mass is 713 g/mol. The predicted molar refractivity (Wildman–Crippen MR) is 158 cm³/mol. The number of carbonyl (C=O) groups excluding carboxylic acids is 4. The highest BCUT2D eigenvalue weighted by Gasteiger charge is 2.37. The van der Waals surface area contributed by atoms with Gasteiger partial charge in [0.15, 0.2) is 0 Å². The molecular formula is C28H17I2N3O4. The van der Waals surface area contributed by atoms with E-state index in [-0.39, 0.29) is 28.3 Å². The van der Waals surface area contributed by atoms with Crippen molar-refractivity contribution in [2.24, 2.45) is 0 Å². The summed E-state index contributed by atoms with van der Waals surface area (Å²) in [7, 11) is 0. The molecule has 4 aromatic carbocycles. The van der Waals surface area contributed by atoms with Gasteiger partial charge in [0.25, 0.3) is 23.6 Å². The lowest BCUT2D eigenvalue weighted by molar-refractivity contribution is 0.0923. The lowest BCUT2D eigenvalue weighted by Gasteiger charge is -2.15. The molecule has 1 aliphatic heterocycles. The van der Waals surface area contributed by atoms with Gasteiger partial charge in [-0.3, -0.25) is 19.2 Å². The Morgan fingerprint density at radius 3 is 1.73 bits per heavy atom. The molecule has 0 radical (unpaired) electrons. The highest BCUT2D eigenvalue weighted by atomic mass is 127. The molecule has 1 heterocycles. The number of nitrogens with zero attached hydrogens (tertiary/aromatic N) is 1. The van der Waals surface area contributed by atoms with Gasteiger partial charge in [-0.25, -0.2) is 4.90 Å². The lowest BCUT2D eigenvalue weighted by atomic mass is 10.1. The Kier molecular flexibility index (Phi) is 7.07. The largest absolute Gasteiger partial charge is 0.322 e. The number of nitrogens with one attached hydrogen (secondary N) is 2. The predicted octanol–water partition coefficient (Wildman–Crippen LogP) is 6.20. The molecule has 182 valence electrons. The zero-order chi connectivity index (χ0) is 26.1. The van der Waals surface area contributed by atoms with Crippen LogP contribution in [0.15, 0.2) is 91.0 Å². The number of halogens is 2. The molecule has 0 fully saturated rings. The Labute approximate surface area is 239 Å². The van der Waals surface area contributed by atoms with Crippen LogP contribution in [0.25, 0.3) is 0 Å². The number of amides is 4. The molecule has 5 rings (SSSR count). The average molecular weight is 713 g/mol. The Bertz CT molecular complexity index is 1600. The number of carbonyl (C=O) groups is 4. The third-order valence-electron chi connectivity index (χ3n) is 5.68. The van der Waals surface area contributed by atoms with Crippen LogP contribution in [0.2, 0.25) is 0 Å². The summed E-state index contributed by atoms with van der Waals surface area (Å²) >= 11 is 4.31. The summed E-state index contributed by atoms with van der Waals surface area (Å²) in [5.74, 6) is -1.83. The van der Waals surface area contributed by atoms with E-state index in [1.54, 1.807) is 30.3 Å². The van der Waals surface area contributed by atoms with Gasteiger partial charge in [-0.05, 0) is 118 Å². The smallest absolute Gasteiger partial charge is 0.266 e. The SMILES string of the molecule is O=C(Nc1cccc(I)c1)c1cccc(N2C(=O)c3ccc(C(=O)Nc4cccc(I)c4)cc3C2=O)c1. The number of anilines is 3. The number of hydrogen-bond donors (Lipinski definition) is 2. The number of rotatable bonds is 5. The molecule has 0 saturated heterocycles. The van der Waals surface area contributed by atoms with Crippen molar-refractivity contribution in [1.82, 2.24) is 0 Å². The van der Waals surface area contributed by atoms with Crippen molar-refractivity contribution in [2.75, 3.05) is 15.5 Å². The zero-order valence-electron chi connectivity index (χ0n) is 19.0. The number of fused-ring (bicyclic) bond motifs is 1. The normalized spacial score (nSPS) is 12.3. The molecule has 0 aliphatic carbocycles. The molecule has 0 spiro atoms. The van der Waals surface area contributed by atoms with Crippen molar-refractivity contribution in [3.63, 3.8) is 0 Å². The molecule has 0 unspecified atom stereocenters. The maximum Gasteiger partial charge on any atom is 0.266 e. The molecule has 0 saturated carbocycles. The average Bonchev–Trinajstić information content (AvgIpc) is 3.13. The van der Waals surface area contributed by atoms with Crippen molar-refractivity contribution in [3.8, 4) is 0 Å². The lowest BCUT2D eigenvalue weighted by Crippen LogP contribution is -2.29. The van der Waals surface area contributed by atoms with Crippen molar-refractivity contribution in [1.29, 1.82) is 0 Å². The summed E-state index contributed by atoms with van der Waals surface area (Å²) in [4.78, 5) is 53.0. The molecule has 4 aromatic rings. The van der Waals surface area contributed by atoms with Crippen LogP contribution >= 0.6 is 45.2 Å². The minimum atomic E-state index is -0.556. The molecular weight excluding hydrogens is 696 g/mol. The minimum Gasteiger partial charge on any atom is -0.322 e. The van der Waals surface area contributed by atoms with E-state index in [0.29, 0.717) is 16.9 Å².